The quantitative estimate of drug-likeness (QED) is 0.513. The smallest absolute Gasteiger partial charge is 0.329 e. The van der Waals surface area contributed by atoms with Gasteiger partial charge in [-0.3, -0.25) is 18.9 Å². The van der Waals surface area contributed by atoms with Gasteiger partial charge in [0.2, 0.25) is 5.91 Å². The number of pyridine rings is 1. The Morgan fingerprint density at radius 1 is 1.13 bits per heavy atom. The Morgan fingerprint density at radius 2 is 1.97 bits per heavy atom. The van der Waals surface area contributed by atoms with Crippen LogP contribution in [0.5, 0.6) is 0 Å². The third-order valence-electron chi connectivity index (χ3n) is 5.77. The summed E-state index contributed by atoms with van der Waals surface area (Å²) in [6, 6.07) is 10.2. The number of aromatic nitrogens is 5. The minimum Gasteiger partial charge on any atom is -0.359 e. The standard InChI is InChI=1S/C22H24N6O2/c1-23-21(29)7-4-12-26-17-6-3-2-5-16(17)25-20(26)14-27-19-13-24-11-10-18(19)28(22(27)30)15-8-9-15/h2-3,5-6,10-11,13,15H,4,7-9,12,14H2,1H3,(H,23,29). The number of amides is 1. The molecule has 1 amide bonds. The average Bonchev–Trinajstić information content (AvgIpc) is 3.48. The van der Waals surface area contributed by atoms with E-state index in [0.717, 1.165) is 40.7 Å². The van der Waals surface area contributed by atoms with Gasteiger partial charge >= 0.3 is 5.69 Å². The number of para-hydroxylation sites is 2. The number of nitrogens with zero attached hydrogens (tertiary/aromatic N) is 5. The third-order valence-corrected chi connectivity index (χ3v) is 5.77. The van der Waals surface area contributed by atoms with Gasteiger partial charge in [0.05, 0.1) is 34.8 Å². The highest BCUT2D eigenvalue weighted by atomic mass is 16.2. The second kappa shape index (κ2) is 7.44. The molecular formula is C22H24N6O2. The fourth-order valence-electron chi connectivity index (χ4n) is 4.12. The predicted octanol–water partition coefficient (Wildman–Crippen LogP) is 2.46. The van der Waals surface area contributed by atoms with E-state index in [-0.39, 0.29) is 17.6 Å². The number of hydrogen-bond donors (Lipinski definition) is 1. The van der Waals surface area contributed by atoms with Crippen molar-refractivity contribution >= 4 is 28.0 Å². The van der Waals surface area contributed by atoms with Crippen molar-refractivity contribution in [2.75, 3.05) is 7.05 Å². The maximum atomic E-state index is 13.3. The van der Waals surface area contributed by atoms with E-state index in [4.69, 9.17) is 4.98 Å². The fourth-order valence-corrected chi connectivity index (χ4v) is 4.12. The minimum atomic E-state index is -0.00975. The fraction of sp³-hybridized carbons (Fsp3) is 0.364. The van der Waals surface area contributed by atoms with Gasteiger partial charge in [-0.15, -0.1) is 0 Å². The largest absolute Gasteiger partial charge is 0.359 e. The first-order valence-corrected chi connectivity index (χ1v) is 10.4. The Balaban J connectivity index is 1.56. The van der Waals surface area contributed by atoms with Gasteiger partial charge in [-0.1, -0.05) is 12.1 Å². The Morgan fingerprint density at radius 3 is 2.77 bits per heavy atom. The van der Waals surface area contributed by atoms with Crippen molar-refractivity contribution in [2.45, 2.75) is 44.8 Å². The summed E-state index contributed by atoms with van der Waals surface area (Å²) in [5, 5.41) is 2.66. The molecule has 0 atom stereocenters. The molecule has 0 unspecified atom stereocenters. The van der Waals surface area contributed by atoms with Crippen molar-refractivity contribution in [3.63, 3.8) is 0 Å². The molecule has 8 heteroatoms. The molecule has 154 valence electrons. The normalized spacial score (nSPS) is 13.9. The lowest BCUT2D eigenvalue weighted by Gasteiger charge is -2.10. The molecule has 3 heterocycles. The van der Waals surface area contributed by atoms with E-state index >= 15 is 0 Å². The van der Waals surface area contributed by atoms with Gasteiger partial charge in [0, 0.05) is 32.3 Å². The van der Waals surface area contributed by atoms with Crippen LogP contribution in [0.2, 0.25) is 0 Å². The van der Waals surface area contributed by atoms with Crippen LogP contribution >= 0.6 is 0 Å². The highest BCUT2D eigenvalue weighted by Gasteiger charge is 2.29. The van der Waals surface area contributed by atoms with E-state index in [9.17, 15) is 9.59 Å². The van der Waals surface area contributed by atoms with Gasteiger partial charge < -0.3 is 9.88 Å². The summed E-state index contributed by atoms with van der Waals surface area (Å²) in [5.74, 6) is 0.838. The molecule has 1 aliphatic rings. The Bertz CT molecular complexity index is 1290. The van der Waals surface area contributed by atoms with E-state index in [1.165, 1.54) is 0 Å². The highest BCUT2D eigenvalue weighted by Crippen LogP contribution is 2.36. The molecule has 30 heavy (non-hydrogen) atoms. The number of aryl methyl sites for hydroxylation is 1. The van der Waals surface area contributed by atoms with Crippen molar-refractivity contribution < 1.29 is 4.79 Å². The summed E-state index contributed by atoms with van der Waals surface area (Å²) in [6.45, 7) is 1.03. The highest BCUT2D eigenvalue weighted by molar-refractivity contribution is 5.77. The number of rotatable bonds is 7. The van der Waals surface area contributed by atoms with Crippen LogP contribution < -0.4 is 11.0 Å². The molecule has 1 N–H and O–H groups in total. The Labute approximate surface area is 173 Å². The van der Waals surface area contributed by atoms with E-state index in [2.05, 4.69) is 14.9 Å². The zero-order valence-electron chi connectivity index (χ0n) is 16.9. The summed E-state index contributed by atoms with van der Waals surface area (Å²) in [6.07, 6.45) is 6.73. The molecule has 4 aromatic rings. The van der Waals surface area contributed by atoms with Crippen LogP contribution in [0, 0.1) is 0 Å². The Hall–Kier alpha value is -3.42. The van der Waals surface area contributed by atoms with Crippen LogP contribution in [0.4, 0.5) is 0 Å². The van der Waals surface area contributed by atoms with Gasteiger partial charge in [0.25, 0.3) is 0 Å². The zero-order valence-corrected chi connectivity index (χ0v) is 16.9. The van der Waals surface area contributed by atoms with Crippen LogP contribution in [0.25, 0.3) is 22.1 Å². The number of hydrogen-bond acceptors (Lipinski definition) is 4. The first-order chi connectivity index (χ1) is 14.7. The molecule has 0 aliphatic heterocycles. The molecule has 1 aliphatic carbocycles. The number of fused-ring (bicyclic) bond motifs is 2. The van der Waals surface area contributed by atoms with Crippen LogP contribution in [0.1, 0.15) is 37.5 Å². The first-order valence-electron chi connectivity index (χ1n) is 10.4. The van der Waals surface area contributed by atoms with Gasteiger partial charge in [0.1, 0.15) is 5.82 Å². The van der Waals surface area contributed by atoms with E-state index in [1.54, 1.807) is 24.0 Å². The SMILES string of the molecule is CNC(=O)CCCn1c(Cn2c(=O)n(C3CC3)c3ccncc32)nc2ccccc21. The van der Waals surface area contributed by atoms with Crippen molar-refractivity contribution in [2.24, 2.45) is 0 Å². The molecule has 0 radical (unpaired) electrons. The number of benzene rings is 1. The van der Waals surface area contributed by atoms with Gasteiger partial charge in [-0.25, -0.2) is 9.78 Å². The molecule has 0 spiro atoms. The maximum Gasteiger partial charge on any atom is 0.329 e. The van der Waals surface area contributed by atoms with Gasteiger partial charge in [-0.2, -0.15) is 0 Å². The van der Waals surface area contributed by atoms with E-state index < -0.39 is 0 Å². The monoisotopic (exact) mass is 404 g/mol. The summed E-state index contributed by atoms with van der Waals surface area (Å²) in [4.78, 5) is 34.0. The first kappa shape index (κ1) is 18.6. The lowest BCUT2D eigenvalue weighted by Crippen LogP contribution is -2.25. The van der Waals surface area contributed by atoms with Crippen LogP contribution in [0.3, 0.4) is 0 Å². The van der Waals surface area contributed by atoms with Crippen molar-refractivity contribution in [1.29, 1.82) is 0 Å². The van der Waals surface area contributed by atoms with Crippen LogP contribution in [-0.2, 0) is 17.9 Å². The molecule has 3 aromatic heterocycles. The molecule has 5 rings (SSSR count). The number of nitrogens with one attached hydrogen (secondary N) is 1. The van der Waals surface area contributed by atoms with Crippen molar-refractivity contribution in [3.8, 4) is 0 Å². The second-order valence-electron chi connectivity index (χ2n) is 7.78. The van der Waals surface area contributed by atoms with Gasteiger partial charge in [0.15, 0.2) is 0 Å². The predicted molar refractivity (Wildman–Crippen MR) is 114 cm³/mol. The Kier molecular flexibility index (Phi) is 4.61. The number of imidazole rings is 2. The van der Waals surface area contributed by atoms with Crippen molar-refractivity contribution in [1.82, 2.24) is 29.0 Å². The zero-order chi connectivity index (χ0) is 20.7. The number of carbonyl (C=O) groups is 1. The van der Waals surface area contributed by atoms with Gasteiger partial charge in [-0.05, 0) is 37.5 Å². The molecular weight excluding hydrogens is 380 g/mol. The summed E-state index contributed by atoms with van der Waals surface area (Å²) in [7, 11) is 1.65. The van der Waals surface area contributed by atoms with E-state index in [0.29, 0.717) is 25.9 Å². The summed E-state index contributed by atoms with van der Waals surface area (Å²) >= 11 is 0. The minimum absolute atomic E-state index is 0.00975. The number of carbonyl (C=O) groups excluding carboxylic acids is 1. The third kappa shape index (κ3) is 3.18. The molecule has 0 saturated heterocycles. The molecule has 1 saturated carbocycles. The lowest BCUT2D eigenvalue weighted by molar-refractivity contribution is -0.120. The van der Waals surface area contributed by atoms with Crippen molar-refractivity contribution in [3.05, 3.63) is 59.0 Å². The second-order valence-corrected chi connectivity index (χ2v) is 7.78. The van der Waals surface area contributed by atoms with Crippen LogP contribution in [-0.4, -0.2) is 36.6 Å². The summed E-state index contributed by atoms with van der Waals surface area (Å²) < 4.78 is 5.80. The topological polar surface area (TPSA) is 86.7 Å². The van der Waals surface area contributed by atoms with E-state index in [1.807, 2.05) is 34.9 Å². The molecule has 0 bridgehead atoms. The maximum absolute atomic E-state index is 13.3. The average molecular weight is 404 g/mol. The molecule has 8 nitrogen and oxygen atoms in total. The molecule has 1 fully saturated rings. The summed E-state index contributed by atoms with van der Waals surface area (Å²) in [5.41, 5.74) is 3.66. The lowest BCUT2D eigenvalue weighted by atomic mass is 10.2. The van der Waals surface area contributed by atoms with Crippen LogP contribution in [0.15, 0.2) is 47.5 Å². The molecule has 1 aromatic carbocycles.